The number of nitriles is 1. The average molecular weight is 527 g/mol. The van der Waals surface area contributed by atoms with Gasteiger partial charge >= 0.3 is 0 Å². The van der Waals surface area contributed by atoms with E-state index in [1.165, 1.54) is 4.68 Å². The van der Waals surface area contributed by atoms with Gasteiger partial charge in [-0.15, -0.1) is 0 Å². The zero-order chi connectivity index (χ0) is 26.0. The summed E-state index contributed by atoms with van der Waals surface area (Å²) in [7, 11) is 0. The minimum atomic E-state index is -0.393. The zero-order valence-electron chi connectivity index (χ0n) is 20.4. The van der Waals surface area contributed by atoms with Crippen LogP contribution in [0.4, 0.5) is 5.69 Å². The number of aryl methyl sites for hydroxylation is 1. The number of aromatic nitrogens is 2. The minimum Gasteiger partial charge on any atom is -0.487 e. The Hall–Kier alpha value is -3.62. The van der Waals surface area contributed by atoms with Gasteiger partial charge in [-0.2, -0.15) is 5.26 Å². The molecule has 0 aliphatic carbocycles. The van der Waals surface area contributed by atoms with Crippen LogP contribution < -0.4 is 15.0 Å². The summed E-state index contributed by atoms with van der Waals surface area (Å²) < 4.78 is 29.5. The van der Waals surface area contributed by atoms with Crippen LogP contribution in [-0.2, 0) is 14.2 Å². The van der Waals surface area contributed by atoms with E-state index in [1.807, 2.05) is 0 Å². The molecule has 37 heavy (non-hydrogen) atoms. The fraction of sp³-hybridized carbons (Fsp3) is 0.346. The summed E-state index contributed by atoms with van der Waals surface area (Å²) in [5, 5.41) is 13.4. The van der Waals surface area contributed by atoms with Crippen LogP contribution in [0.1, 0.15) is 11.3 Å². The van der Waals surface area contributed by atoms with Crippen LogP contribution >= 0.6 is 11.6 Å². The highest BCUT2D eigenvalue weighted by Gasteiger charge is 2.18. The molecule has 10 nitrogen and oxygen atoms in total. The first-order valence-electron chi connectivity index (χ1n) is 11.8. The predicted octanol–water partition coefficient (Wildman–Crippen LogP) is 3.59. The van der Waals surface area contributed by atoms with Gasteiger partial charge in [0, 0.05) is 16.8 Å². The van der Waals surface area contributed by atoms with Crippen molar-refractivity contribution in [1.29, 1.82) is 5.26 Å². The van der Waals surface area contributed by atoms with Gasteiger partial charge in [-0.1, -0.05) is 11.6 Å². The van der Waals surface area contributed by atoms with Gasteiger partial charge in [-0.25, -0.2) is 9.67 Å². The molecule has 0 radical (unpaired) electrons. The van der Waals surface area contributed by atoms with E-state index in [0.717, 1.165) is 0 Å². The Labute approximate surface area is 218 Å². The van der Waals surface area contributed by atoms with E-state index in [4.69, 9.17) is 35.3 Å². The van der Waals surface area contributed by atoms with Crippen molar-refractivity contribution in [3.8, 4) is 23.3 Å². The zero-order valence-corrected chi connectivity index (χ0v) is 21.1. The molecule has 0 fully saturated rings. The molecular weight excluding hydrogens is 500 g/mol. The third-order valence-electron chi connectivity index (χ3n) is 5.38. The van der Waals surface area contributed by atoms with Crippen LogP contribution in [0.5, 0.6) is 11.5 Å². The molecule has 0 bridgehead atoms. The summed E-state index contributed by atoms with van der Waals surface area (Å²) in [4.78, 5) is 17.6. The maximum atomic E-state index is 13.2. The Morgan fingerprint density at radius 1 is 0.919 bits per heavy atom. The first-order chi connectivity index (χ1) is 18.1. The SMILES string of the molecule is Cc1[nH]n(-c2ccc(Cl)cc2)c(=O)c1C(C#N)=Nc1ccc2c(c1)OCCOCCOCCOCCO2. The Balaban J connectivity index is 1.61. The Kier molecular flexibility index (Phi) is 9.35. The van der Waals surface area contributed by atoms with Gasteiger partial charge in [-0.05, 0) is 43.3 Å². The number of H-pyrrole nitrogens is 1. The summed E-state index contributed by atoms with van der Waals surface area (Å²) in [6, 6.07) is 13.9. The van der Waals surface area contributed by atoms with Gasteiger partial charge < -0.3 is 23.7 Å². The van der Waals surface area contributed by atoms with Gasteiger partial charge in [0.05, 0.1) is 56.6 Å². The van der Waals surface area contributed by atoms with Crippen molar-refractivity contribution in [2.75, 3.05) is 52.9 Å². The number of hydrogen-bond donors (Lipinski definition) is 1. The molecule has 2 aromatic carbocycles. The lowest BCUT2D eigenvalue weighted by Crippen LogP contribution is -2.20. The molecule has 0 atom stereocenters. The summed E-state index contributed by atoms with van der Waals surface area (Å²) in [6.07, 6.45) is 0. The molecule has 0 saturated carbocycles. The van der Waals surface area contributed by atoms with Crippen LogP contribution in [0.15, 0.2) is 52.3 Å². The maximum absolute atomic E-state index is 13.2. The molecule has 3 aromatic rings. The molecule has 1 aliphatic rings. The number of nitrogens with zero attached hydrogens (tertiary/aromatic N) is 3. The molecular formula is C26H27ClN4O6. The van der Waals surface area contributed by atoms with E-state index in [1.54, 1.807) is 49.4 Å². The van der Waals surface area contributed by atoms with E-state index in [0.29, 0.717) is 79.8 Å². The molecule has 11 heteroatoms. The van der Waals surface area contributed by atoms with Gasteiger partial charge in [0.15, 0.2) is 17.2 Å². The Morgan fingerprint density at radius 2 is 1.51 bits per heavy atom. The van der Waals surface area contributed by atoms with E-state index in [2.05, 4.69) is 16.2 Å². The largest absolute Gasteiger partial charge is 0.487 e. The number of halogens is 1. The van der Waals surface area contributed by atoms with Crippen molar-refractivity contribution in [3.05, 3.63) is 69.1 Å². The van der Waals surface area contributed by atoms with E-state index in [-0.39, 0.29) is 17.9 Å². The number of aromatic amines is 1. The highest BCUT2D eigenvalue weighted by Crippen LogP contribution is 2.32. The fourth-order valence-electron chi connectivity index (χ4n) is 3.62. The smallest absolute Gasteiger partial charge is 0.281 e. The van der Waals surface area contributed by atoms with E-state index >= 15 is 0 Å². The van der Waals surface area contributed by atoms with Gasteiger partial charge in [-0.3, -0.25) is 9.89 Å². The van der Waals surface area contributed by atoms with Crippen LogP contribution in [-0.4, -0.2) is 68.3 Å². The molecule has 2 heterocycles. The summed E-state index contributed by atoms with van der Waals surface area (Å²) in [5.41, 5.74) is 1.29. The topological polar surface area (TPSA) is 120 Å². The standard InChI is InChI=1S/C26H27ClN4O6/c1-18-25(26(32)31(30-18)21-5-2-19(27)3-6-21)22(17-28)29-20-4-7-23-24(16-20)37-15-13-35-11-9-33-8-10-34-12-14-36-23/h2-7,16,30H,8-15H2,1H3. The number of hydrogen-bond acceptors (Lipinski definition) is 8. The third kappa shape index (κ3) is 6.99. The molecule has 1 aromatic heterocycles. The summed E-state index contributed by atoms with van der Waals surface area (Å²) in [5.74, 6) is 0.952. The van der Waals surface area contributed by atoms with Crippen molar-refractivity contribution in [3.63, 3.8) is 0 Å². The molecule has 0 spiro atoms. The third-order valence-corrected chi connectivity index (χ3v) is 5.63. The van der Waals surface area contributed by atoms with Crippen LogP contribution in [0, 0.1) is 18.3 Å². The van der Waals surface area contributed by atoms with Gasteiger partial charge in [0.25, 0.3) is 5.56 Å². The quantitative estimate of drug-likeness (QED) is 0.518. The molecule has 0 unspecified atom stereocenters. The predicted molar refractivity (Wildman–Crippen MR) is 138 cm³/mol. The van der Waals surface area contributed by atoms with Crippen LogP contribution in [0.3, 0.4) is 0 Å². The lowest BCUT2D eigenvalue weighted by atomic mass is 10.1. The number of rotatable bonds is 3. The van der Waals surface area contributed by atoms with Crippen molar-refractivity contribution >= 4 is 23.0 Å². The van der Waals surface area contributed by atoms with Crippen molar-refractivity contribution in [1.82, 2.24) is 9.78 Å². The molecule has 0 amide bonds. The van der Waals surface area contributed by atoms with Crippen molar-refractivity contribution in [2.24, 2.45) is 4.99 Å². The molecule has 0 saturated heterocycles. The average Bonchev–Trinajstić information content (AvgIpc) is 3.19. The van der Waals surface area contributed by atoms with Gasteiger partial charge in [0.2, 0.25) is 0 Å². The highest BCUT2D eigenvalue weighted by molar-refractivity contribution is 6.30. The first kappa shape index (κ1) is 26.4. The monoisotopic (exact) mass is 526 g/mol. The van der Waals surface area contributed by atoms with Crippen LogP contribution in [0.2, 0.25) is 5.02 Å². The highest BCUT2D eigenvalue weighted by atomic mass is 35.5. The van der Waals surface area contributed by atoms with E-state index in [9.17, 15) is 10.1 Å². The number of fused-ring (bicyclic) bond motifs is 1. The van der Waals surface area contributed by atoms with Crippen LogP contribution in [0.25, 0.3) is 5.69 Å². The first-order valence-corrected chi connectivity index (χ1v) is 12.1. The second kappa shape index (κ2) is 13.1. The molecule has 1 aliphatic heterocycles. The van der Waals surface area contributed by atoms with Gasteiger partial charge in [0.1, 0.15) is 19.3 Å². The normalized spacial score (nSPS) is 15.9. The molecule has 194 valence electrons. The Bertz CT molecular complexity index is 1330. The Morgan fingerprint density at radius 3 is 2.14 bits per heavy atom. The lowest BCUT2D eigenvalue weighted by molar-refractivity contribution is 0.00708. The molecule has 4 rings (SSSR count). The number of aliphatic imine (C=N–C) groups is 1. The second-order valence-electron chi connectivity index (χ2n) is 7.97. The molecule has 1 N–H and O–H groups in total. The maximum Gasteiger partial charge on any atom is 0.281 e. The number of benzene rings is 2. The lowest BCUT2D eigenvalue weighted by Gasteiger charge is -2.13. The minimum absolute atomic E-state index is 0.0267. The number of ether oxygens (including phenoxy) is 5. The number of nitrogens with one attached hydrogen (secondary N) is 1. The van der Waals surface area contributed by atoms with Crippen molar-refractivity contribution < 1.29 is 23.7 Å². The summed E-state index contributed by atoms with van der Waals surface area (Å²) >= 11 is 5.96. The van der Waals surface area contributed by atoms with Crippen molar-refractivity contribution in [2.45, 2.75) is 6.92 Å². The summed E-state index contributed by atoms with van der Waals surface area (Å²) in [6.45, 7) is 4.97. The fourth-order valence-corrected chi connectivity index (χ4v) is 3.75. The van der Waals surface area contributed by atoms with E-state index < -0.39 is 5.56 Å². The second-order valence-corrected chi connectivity index (χ2v) is 8.40.